The van der Waals surface area contributed by atoms with Crippen LogP contribution in [0.3, 0.4) is 0 Å². The van der Waals surface area contributed by atoms with Crippen molar-refractivity contribution in [2.24, 2.45) is 0 Å². The van der Waals surface area contributed by atoms with Crippen molar-refractivity contribution in [3.8, 4) is 11.5 Å². The van der Waals surface area contributed by atoms with E-state index in [0.29, 0.717) is 34.9 Å². The molecular weight excluding hydrogens is 426 g/mol. The Morgan fingerprint density at radius 1 is 1.03 bits per heavy atom. The fourth-order valence-electron chi connectivity index (χ4n) is 4.15. The second kappa shape index (κ2) is 9.23. The zero-order chi connectivity index (χ0) is 23.5. The summed E-state index contributed by atoms with van der Waals surface area (Å²) >= 11 is 0. The average Bonchev–Trinajstić information content (AvgIpc) is 3.31. The molecule has 0 aliphatic rings. The van der Waals surface area contributed by atoms with Gasteiger partial charge in [-0.2, -0.15) is 0 Å². The zero-order valence-electron chi connectivity index (χ0n) is 18.8. The van der Waals surface area contributed by atoms with Crippen LogP contribution in [0.2, 0.25) is 0 Å². The summed E-state index contributed by atoms with van der Waals surface area (Å²) in [5, 5.41) is 4.06. The van der Waals surface area contributed by atoms with E-state index < -0.39 is 0 Å². The average molecular weight is 452 g/mol. The van der Waals surface area contributed by atoms with Crippen LogP contribution in [0.4, 0.5) is 5.82 Å². The molecule has 2 heterocycles. The minimum Gasteiger partial charge on any atom is -0.457 e. The standard InChI is InChI=1S/C27H25N5O2/c1-2-18(32-17-30-24-25(32)20-12-6-8-14-22(20)31-26(24)28)16-29-27(33)21-13-7-9-15-23(21)34-19-10-4-3-5-11-19/h3-15,17-18H,2,16H2,1H3,(H2,28,31)(H,29,33). The van der Waals surface area contributed by atoms with E-state index in [-0.39, 0.29) is 11.9 Å². The third-order valence-electron chi connectivity index (χ3n) is 5.90. The van der Waals surface area contributed by atoms with E-state index in [0.717, 1.165) is 22.8 Å². The molecule has 34 heavy (non-hydrogen) atoms. The fourth-order valence-corrected chi connectivity index (χ4v) is 4.15. The number of carbonyl (C=O) groups is 1. The van der Waals surface area contributed by atoms with E-state index >= 15 is 0 Å². The maximum Gasteiger partial charge on any atom is 0.255 e. The number of carbonyl (C=O) groups excluding carboxylic acids is 1. The Hall–Kier alpha value is -4.39. The van der Waals surface area contributed by atoms with Gasteiger partial charge in [-0.25, -0.2) is 9.97 Å². The fraction of sp³-hybridized carbons (Fsp3) is 0.148. The van der Waals surface area contributed by atoms with Crippen molar-refractivity contribution in [1.82, 2.24) is 19.9 Å². The number of para-hydroxylation sites is 3. The third-order valence-corrected chi connectivity index (χ3v) is 5.90. The number of pyridine rings is 1. The number of imidazole rings is 1. The number of benzene rings is 3. The Bertz CT molecular complexity index is 1460. The lowest BCUT2D eigenvalue weighted by atomic mass is 10.1. The lowest BCUT2D eigenvalue weighted by Gasteiger charge is -2.20. The first-order chi connectivity index (χ1) is 16.7. The molecule has 3 aromatic carbocycles. The number of nitrogen functional groups attached to an aromatic ring is 1. The maximum atomic E-state index is 13.1. The van der Waals surface area contributed by atoms with Crippen molar-refractivity contribution in [3.63, 3.8) is 0 Å². The Balaban J connectivity index is 1.41. The number of fused-ring (bicyclic) bond motifs is 3. The van der Waals surface area contributed by atoms with Gasteiger partial charge in [0, 0.05) is 11.9 Å². The van der Waals surface area contributed by atoms with Crippen LogP contribution in [0.25, 0.3) is 21.9 Å². The molecule has 0 radical (unpaired) electrons. The van der Waals surface area contributed by atoms with E-state index in [9.17, 15) is 4.79 Å². The predicted molar refractivity (Wildman–Crippen MR) is 134 cm³/mol. The second-order valence-electron chi connectivity index (χ2n) is 8.05. The number of ether oxygens (including phenoxy) is 1. The summed E-state index contributed by atoms with van der Waals surface area (Å²) in [6, 6.07) is 24.5. The van der Waals surface area contributed by atoms with Crippen molar-refractivity contribution in [1.29, 1.82) is 0 Å². The SMILES string of the molecule is CCC(CNC(=O)c1ccccc1Oc1ccccc1)n1cnc2c(N)nc3ccccc3c21. The summed E-state index contributed by atoms with van der Waals surface area (Å²) in [4.78, 5) is 22.1. The number of rotatable bonds is 7. The molecule has 3 N–H and O–H groups in total. The van der Waals surface area contributed by atoms with Crippen LogP contribution in [0.5, 0.6) is 11.5 Å². The summed E-state index contributed by atoms with van der Waals surface area (Å²) in [5.41, 5.74) is 9.09. The van der Waals surface area contributed by atoms with Gasteiger partial charge in [-0.3, -0.25) is 4.79 Å². The smallest absolute Gasteiger partial charge is 0.255 e. The minimum absolute atomic E-state index is 0.0126. The first kappa shape index (κ1) is 21.5. The second-order valence-corrected chi connectivity index (χ2v) is 8.05. The molecule has 5 aromatic rings. The van der Waals surface area contributed by atoms with Crippen molar-refractivity contribution in [3.05, 3.63) is 90.8 Å². The molecule has 0 spiro atoms. The molecule has 5 rings (SSSR count). The van der Waals surface area contributed by atoms with Gasteiger partial charge in [-0.1, -0.05) is 55.5 Å². The molecule has 1 amide bonds. The third kappa shape index (κ3) is 4.03. The molecular formula is C27H25N5O2. The number of nitrogens with two attached hydrogens (primary N) is 1. The quantitative estimate of drug-likeness (QED) is 0.348. The zero-order valence-corrected chi connectivity index (χ0v) is 18.8. The van der Waals surface area contributed by atoms with Crippen molar-refractivity contribution in [2.75, 3.05) is 12.3 Å². The molecule has 170 valence electrons. The van der Waals surface area contributed by atoms with E-state index in [1.807, 2.05) is 66.7 Å². The monoisotopic (exact) mass is 451 g/mol. The van der Waals surface area contributed by atoms with Crippen LogP contribution < -0.4 is 15.8 Å². The lowest BCUT2D eigenvalue weighted by molar-refractivity contribution is 0.0945. The van der Waals surface area contributed by atoms with Gasteiger partial charge in [0.15, 0.2) is 5.82 Å². The number of nitrogens with zero attached hydrogens (tertiary/aromatic N) is 3. The van der Waals surface area contributed by atoms with Crippen LogP contribution in [-0.2, 0) is 0 Å². The number of hydrogen-bond acceptors (Lipinski definition) is 5. The molecule has 0 aliphatic heterocycles. The number of hydrogen-bond donors (Lipinski definition) is 2. The highest BCUT2D eigenvalue weighted by Crippen LogP contribution is 2.30. The molecule has 0 bridgehead atoms. The van der Waals surface area contributed by atoms with Gasteiger partial charge >= 0.3 is 0 Å². The number of amides is 1. The van der Waals surface area contributed by atoms with Crippen molar-refractivity contribution in [2.45, 2.75) is 19.4 Å². The number of nitrogens with one attached hydrogen (secondary N) is 1. The highest BCUT2D eigenvalue weighted by molar-refractivity contribution is 6.06. The number of aromatic nitrogens is 3. The van der Waals surface area contributed by atoms with Crippen molar-refractivity contribution >= 4 is 33.7 Å². The van der Waals surface area contributed by atoms with Gasteiger partial charge in [0.1, 0.15) is 17.0 Å². The van der Waals surface area contributed by atoms with Crippen LogP contribution in [-0.4, -0.2) is 27.0 Å². The van der Waals surface area contributed by atoms with Crippen LogP contribution >= 0.6 is 0 Å². The maximum absolute atomic E-state index is 13.1. The Morgan fingerprint density at radius 2 is 1.76 bits per heavy atom. The van der Waals surface area contributed by atoms with Gasteiger partial charge in [0.2, 0.25) is 0 Å². The summed E-state index contributed by atoms with van der Waals surface area (Å²) in [6.07, 6.45) is 2.58. The first-order valence-electron chi connectivity index (χ1n) is 11.3. The van der Waals surface area contributed by atoms with Gasteiger partial charge in [-0.15, -0.1) is 0 Å². The number of anilines is 1. The van der Waals surface area contributed by atoms with Gasteiger partial charge in [-0.05, 0) is 36.8 Å². The molecule has 7 heteroatoms. The highest BCUT2D eigenvalue weighted by atomic mass is 16.5. The molecule has 0 fully saturated rings. The van der Waals surface area contributed by atoms with Gasteiger partial charge < -0.3 is 20.4 Å². The molecule has 7 nitrogen and oxygen atoms in total. The van der Waals surface area contributed by atoms with Crippen LogP contribution in [0.1, 0.15) is 29.7 Å². The van der Waals surface area contributed by atoms with Gasteiger partial charge in [0.05, 0.1) is 29.0 Å². The molecule has 0 saturated heterocycles. The van der Waals surface area contributed by atoms with E-state index in [1.54, 1.807) is 18.5 Å². The van der Waals surface area contributed by atoms with E-state index in [1.165, 1.54) is 0 Å². The highest BCUT2D eigenvalue weighted by Gasteiger charge is 2.19. The summed E-state index contributed by atoms with van der Waals surface area (Å²) in [6.45, 7) is 2.51. The Labute approximate surface area is 197 Å². The predicted octanol–water partition coefficient (Wildman–Crippen LogP) is 5.34. The molecule has 2 aromatic heterocycles. The molecule has 1 atom stereocenters. The lowest BCUT2D eigenvalue weighted by Crippen LogP contribution is -2.30. The van der Waals surface area contributed by atoms with E-state index in [4.69, 9.17) is 10.5 Å². The summed E-state index contributed by atoms with van der Waals surface area (Å²) in [5.74, 6) is 1.40. The normalized spacial score (nSPS) is 12.0. The largest absolute Gasteiger partial charge is 0.457 e. The first-order valence-corrected chi connectivity index (χ1v) is 11.3. The summed E-state index contributed by atoms with van der Waals surface area (Å²) < 4.78 is 8.04. The topological polar surface area (TPSA) is 95.1 Å². The minimum atomic E-state index is -0.194. The Kier molecular flexibility index (Phi) is 5.82. The molecule has 0 saturated carbocycles. The van der Waals surface area contributed by atoms with Crippen LogP contribution in [0.15, 0.2) is 85.2 Å². The molecule has 1 unspecified atom stereocenters. The van der Waals surface area contributed by atoms with Crippen LogP contribution in [0, 0.1) is 0 Å². The Morgan fingerprint density at radius 3 is 2.59 bits per heavy atom. The van der Waals surface area contributed by atoms with E-state index in [2.05, 4.69) is 26.8 Å². The van der Waals surface area contributed by atoms with Crippen molar-refractivity contribution < 1.29 is 9.53 Å². The summed E-state index contributed by atoms with van der Waals surface area (Å²) in [7, 11) is 0. The molecule has 0 aliphatic carbocycles. The van der Waals surface area contributed by atoms with Gasteiger partial charge in [0.25, 0.3) is 5.91 Å².